The number of carbonyl (C=O) groups is 2. The first-order chi connectivity index (χ1) is 21.1. The number of anilines is 2. The van der Waals surface area contributed by atoms with Crippen LogP contribution in [0.1, 0.15) is 24.1 Å². The first-order valence-electron chi connectivity index (χ1n) is 13.8. The first kappa shape index (κ1) is 30.3. The van der Waals surface area contributed by atoms with Crippen molar-refractivity contribution in [3.05, 3.63) is 108 Å². The summed E-state index contributed by atoms with van der Waals surface area (Å²) in [5.74, 6) is -2.97. The van der Waals surface area contributed by atoms with E-state index in [1.54, 1.807) is 24.4 Å². The number of benzene rings is 3. The maximum Gasteiger partial charge on any atom is 0.240 e. The molecule has 1 aliphatic carbocycles. The second-order valence-electron chi connectivity index (χ2n) is 10.8. The van der Waals surface area contributed by atoms with Gasteiger partial charge in [-0.25, -0.2) is 13.2 Å². The van der Waals surface area contributed by atoms with Crippen LogP contribution in [0, 0.1) is 28.3 Å². The number of H-pyrrole nitrogens is 1. The van der Waals surface area contributed by atoms with Gasteiger partial charge in [0, 0.05) is 53.6 Å². The van der Waals surface area contributed by atoms with E-state index in [0.29, 0.717) is 41.9 Å². The predicted molar refractivity (Wildman–Crippen MR) is 163 cm³/mol. The summed E-state index contributed by atoms with van der Waals surface area (Å²) < 4.78 is 49.2. The quantitative estimate of drug-likeness (QED) is 0.0884. The molecule has 0 spiro atoms. The van der Waals surface area contributed by atoms with Gasteiger partial charge in [0.2, 0.25) is 11.8 Å². The van der Waals surface area contributed by atoms with Crippen LogP contribution in [-0.4, -0.2) is 42.0 Å². The van der Waals surface area contributed by atoms with Gasteiger partial charge in [0.1, 0.15) is 17.0 Å². The maximum absolute atomic E-state index is 15.3. The Morgan fingerprint density at radius 3 is 2.23 bits per heavy atom. The van der Waals surface area contributed by atoms with E-state index < -0.39 is 34.7 Å². The number of hydrogen-bond donors (Lipinski definition) is 4. The van der Waals surface area contributed by atoms with E-state index in [0.717, 1.165) is 17.8 Å². The molecule has 0 radical (unpaired) electrons. The minimum Gasteiger partial charge on any atom is -0.452 e. The predicted octanol–water partition coefficient (Wildman–Crippen LogP) is 6.59. The summed E-state index contributed by atoms with van der Waals surface area (Å²) in [6, 6.07) is 15.5. The van der Waals surface area contributed by atoms with E-state index >= 15 is 4.39 Å². The molecule has 11 heteroatoms. The molecule has 3 aromatic carbocycles. The molecule has 5 rings (SSSR count). The average Bonchev–Trinajstić information content (AvgIpc) is 3.67. The number of allylic oxidation sites excluding steroid dienone is 1. The smallest absolute Gasteiger partial charge is 0.240 e. The molecule has 1 fully saturated rings. The maximum atomic E-state index is 15.3. The third kappa shape index (κ3) is 6.57. The van der Waals surface area contributed by atoms with Gasteiger partial charge >= 0.3 is 0 Å². The molecule has 0 atom stereocenters. The summed E-state index contributed by atoms with van der Waals surface area (Å²) in [5, 5.41) is 12.8. The normalized spacial score (nSPS) is 13.8. The summed E-state index contributed by atoms with van der Waals surface area (Å²) >= 11 is 0. The van der Waals surface area contributed by atoms with Gasteiger partial charge in [-0.3, -0.25) is 9.59 Å². The number of nitrogens with zero attached hydrogens (tertiary/aromatic N) is 1. The minimum absolute atomic E-state index is 0.0718. The molecule has 226 valence electrons. The Labute approximate surface area is 252 Å². The van der Waals surface area contributed by atoms with Gasteiger partial charge in [-0.05, 0) is 87.1 Å². The van der Waals surface area contributed by atoms with Gasteiger partial charge in [-0.15, -0.1) is 0 Å². The SMILES string of the molecule is CN(C)Cc1ccc(F)c(-c2cc[nH]c2/C(=C\C=N)Oc2ccc(NC(=O)C3(C(=O)Nc4ccc(F)cc4)CC3)cc2F)c1. The Morgan fingerprint density at radius 2 is 1.59 bits per heavy atom. The molecule has 1 aliphatic rings. The molecular formula is C33H30F3N5O3. The summed E-state index contributed by atoms with van der Waals surface area (Å²) in [7, 11) is 3.82. The molecule has 44 heavy (non-hydrogen) atoms. The van der Waals surface area contributed by atoms with Crippen molar-refractivity contribution in [1.82, 2.24) is 9.88 Å². The fraction of sp³-hybridized carbons (Fsp3) is 0.182. The summed E-state index contributed by atoms with van der Waals surface area (Å²) in [4.78, 5) is 30.8. The molecule has 4 N–H and O–H groups in total. The van der Waals surface area contributed by atoms with Gasteiger partial charge in [-0.1, -0.05) is 6.07 Å². The van der Waals surface area contributed by atoms with Gasteiger partial charge in [0.15, 0.2) is 17.3 Å². The fourth-order valence-electron chi connectivity index (χ4n) is 4.78. The van der Waals surface area contributed by atoms with Crippen molar-refractivity contribution < 1.29 is 27.5 Å². The van der Waals surface area contributed by atoms with E-state index in [1.165, 1.54) is 48.5 Å². The van der Waals surface area contributed by atoms with Crippen molar-refractivity contribution in [3.8, 4) is 16.9 Å². The second-order valence-corrected chi connectivity index (χ2v) is 10.8. The lowest BCUT2D eigenvalue weighted by atomic mass is 10.0. The van der Waals surface area contributed by atoms with Crippen LogP contribution < -0.4 is 15.4 Å². The highest BCUT2D eigenvalue weighted by Gasteiger charge is 2.56. The number of rotatable bonds is 11. The largest absolute Gasteiger partial charge is 0.452 e. The van der Waals surface area contributed by atoms with Crippen molar-refractivity contribution in [2.45, 2.75) is 19.4 Å². The van der Waals surface area contributed by atoms with Gasteiger partial charge in [0.25, 0.3) is 0 Å². The Balaban J connectivity index is 1.32. The topological polar surface area (TPSA) is 110 Å². The minimum atomic E-state index is -1.32. The zero-order valence-electron chi connectivity index (χ0n) is 24.0. The summed E-state index contributed by atoms with van der Waals surface area (Å²) in [6.07, 6.45) is 4.49. The number of aromatic nitrogens is 1. The molecule has 4 aromatic rings. The molecule has 0 bridgehead atoms. The molecule has 1 aromatic heterocycles. The molecule has 8 nitrogen and oxygen atoms in total. The van der Waals surface area contributed by atoms with Crippen LogP contribution in [0.2, 0.25) is 0 Å². The van der Waals surface area contributed by atoms with Gasteiger partial charge in [-0.2, -0.15) is 0 Å². The number of ether oxygens (including phenoxy) is 1. The van der Waals surface area contributed by atoms with Gasteiger partial charge < -0.3 is 30.7 Å². The highest BCUT2D eigenvalue weighted by molar-refractivity contribution is 6.16. The summed E-state index contributed by atoms with van der Waals surface area (Å²) in [5.41, 5.74) is 1.16. The van der Waals surface area contributed by atoms with E-state index in [2.05, 4.69) is 15.6 Å². The van der Waals surface area contributed by atoms with Gasteiger partial charge in [0.05, 0.1) is 5.69 Å². The lowest BCUT2D eigenvalue weighted by Crippen LogP contribution is -2.35. The van der Waals surface area contributed by atoms with Crippen LogP contribution in [0.25, 0.3) is 16.9 Å². The standard InChI is InChI=1S/C33H30F3N5O3/c1-41(2)19-20-3-9-26(35)25(17-20)24-12-16-38-30(24)29(11-15-37)44-28-10-8-23(18-27(28)36)40-32(43)33(13-14-33)31(42)39-22-6-4-21(34)5-7-22/h3-12,15-18,37-38H,13-14,19H2,1-2H3,(H,39,42)(H,40,43)/b29-11+,37-15?. The Hall–Kier alpha value is -5.16. The average molecular weight is 602 g/mol. The van der Waals surface area contributed by atoms with Crippen LogP contribution in [0.4, 0.5) is 24.5 Å². The fourth-order valence-corrected chi connectivity index (χ4v) is 4.78. The first-order valence-corrected chi connectivity index (χ1v) is 13.8. The van der Waals surface area contributed by atoms with E-state index in [-0.39, 0.29) is 17.2 Å². The third-order valence-electron chi connectivity index (χ3n) is 7.18. The lowest BCUT2D eigenvalue weighted by Gasteiger charge is -2.16. The number of aromatic amines is 1. The van der Waals surface area contributed by atoms with Crippen LogP contribution in [0.15, 0.2) is 79.0 Å². The molecule has 0 saturated heterocycles. The summed E-state index contributed by atoms with van der Waals surface area (Å²) in [6.45, 7) is 0.598. The molecular weight excluding hydrogens is 571 g/mol. The van der Waals surface area contributed by atoms with Crippen molar-refractivity contribution >= 4 is 35.2 Å². The van der Waals surface area contributed by atoms with Crippen LogP contribution in [0.3, 0.4) is 0 Å². The van der Waals surface area contributed by atoms with Crippen LogP contribution in [0.5, 0.6) is 5.75 Å². The highest BCUT2D eigenvalue weighted by Crippen LogP contribution is 2.47. The highest BCUT2D eigenvalue weighted by atomic mass is 19.1. The lowest BCUT2D eigenvalue weighted by molar-refractivity contribution is -0.131. The molecule has 0 unspecified atom stereocenters. The molecule has 2 amide bonds. The number of halogens is 3. The van der Waals surface area contributed by atoms with Crippen molar-refractivity contribution in [2.75, 3.05) is 24.7 Å². The number of carbonyl (C=O) groups excluding carboxylic acids is 2. The molecule has 1 heterocycles. The monoisotopic (exact) mass is 601 g/mol. The van der Waals surface area contributed by atoms with E-state index in [1.807, 2.05) is 19.0 Å². The Morgan fingerprint density at radius 1 is 0.909 bits per heavy atom. The molecule has 0 aliphatic heterocycles. The zero-order valence-corrected chi connectivity index (χ0v) is 24.0. The van der Waals surface area contributed by atoms with E-state index in [9.17, 15) is 18.4 Å². The third-order valence-corrected chi connectivity index (χ3v) is 7.18. The molecule has 1 saturated carbocycles. The van der Waals surface area contributed by atoms with Crippen LogP contribution >= 0.6 is 0 Å². The Bertz CT molecular complexity index is 1740. The second kappa shape index (κ2) is 12.6. The number of hydrogen-bond acceptors (Lipinski definition) is 5. The Kier molecular flexibility index (Phi) is 8.68. The van der Waals surface area contributed by atoms with Crippen molar-refractivity contribution in [1.29, 1.82) is 5.41 Å². The zero-order chi connectivity index (χ0) is 31.4. The van der Waals surface area contributed by atoms with Crippen molar-refractivity contribution in [3.63, 3.8) is 0 Å². The number of nitrogens with one attached hydrogen (secondary N) is 4. The van der Waals surface area contributed by atoms with Crippen LogP contribution in [-0.2, 0) is 16.1 Å². The number of amides is 2. The van der Waals surface area contributed by atoms with E-state index in [4.69, 9.17) is 10.1 Å². The van der Waals surface area contributed by atoms with Crippen molar-refractivity contribution in [2.24, 2.45) is 5.41 Å².